The van der Waals surface area contributed by atoms with E-state index in [4.69, 9.17) is 9.84 Å². The number of phenols is 1. The SMILES string of the molecule is COc1ccc(CN2CCC(CCC(=O)O)C2)cc1O. The van der Waals surface area contributed by atoms with Crippen LogP contribution in [0.15, 0.2) is 18.2 Å². The minimum absolute atomic E-state index is 0.159. The molecule has 0 saturated carbocycles. The first-order chi connectivity index (χ1) is 9.58. The van der Waals surface area contributed by atoms with Gasteiger partial charge in [-0.15, -0.1) is 0 Å². The number of carboxylic acids is 1. The van der Waals surface area contributed by atoms with Crippen molar-refractivity contribution in [2.75, 3.05) is 20.2 Å². The van der Waals surface area contributed by atoms with Crippen molar-refractivity contribution in [2.24, 2.45) is 5.92 Å². The van der Waals surface area contributed by atoms with Crippen LogP contribution >= 0.6 is 0 Å². The van der Waals surface area contributed by atoms with Crippen molar-refractivity contribution in [1.82, 2.24) is 4.90 Å². The molecule has 1 heterocycles. The molecule has 1 aromatic carbocycles. The monoisotopic (exact) mass is 279 g/mol. The van der Waals surface area contributed by atoms with Crippen LogP contribution in [0.25, 0.3) is 0 Å². The third-order valence-electron chi connectivity index (χ3n) is 3.79. The molecule has 2 N–H and O–H groups in total. The number of hydrogen-bond acceptors (Lipinski definition) is 4. The van der Waals surface area contributed by atoms with Crippen LogP contribution in [0, 0.1) is 5.92 Å². The van der Waals surface area contributed by atoms with E-state index in [1.165, 1.54) is 7.11 Å². The van der Waals surface area contributed by atoms with Crippen LogP contribution in [0.1, 0.15) is 24.8 Å². The summed E-state index contributed by atoms with van der Waals surface area (Å²) in [6.45, 7) is 2.69. The number of rotatable bonds is 6. The molecule has 1 saturated heterocycles. The number of ether oxygens (including phenoxy) is 1. The Bertz CT molecular complexity index is 475. The second-order valence-corrected chi connectivity index (χ2v) is 5.33. The fourth-order valence-corrected chi connectivity index (χ4v) is 2.71. The van der Waals surface area contributed by atoms with E-state index in [1.54, 1.807) is 12.1 Å². The average molecular weight is 279 g/mol. The normalized spacial score (nSPS) is 19.1. The van der Waals surface area contributed by atoms with Gasteiger partial charge in [0.25, 0.3) is 0 Å². The van der Waals surface area contributed by atoms with Crippen molar-refractivity contribution in [2.45, 2.75) is 25.8 Å². The zero-order valence-electron chi connectivity index (χ0n) is 11.7. The van der Waals surface area contributed by atoms with E-state index in [1.807, 2.05) is 6.07 Å². The number of nitrogens with zero attached hydrogens (tertiary/aromatic N) is 1. The molecule has 1 aromatic rings. The number of benzene rings is 1. The van der Waals surface area contributed by atoms with Crippen LogP contribution in [-0.2, 0) is 11.3 Å². The molecule has 110 valence electrons. The molecule has 5 nitrogen and oxygen atoms in total. The van der Waals surface area contributed by atoms with Gasteiger partial charge >= 0.3 is 5.97 Å². The maximum atomic E-state index is 10.6. The molecule has 1 unspecified atom stereocenters. The Balaban J connectivity index is 1.85. The fourth-order valence-electron chi connectivity index (χ4n) is 2.71. The molecular weight excluding hydrogens is 258 g/mol. The first kappa shape index (κ1) is 14.7. The lowest BCUT2D eigenvalue weighted by atomic mass is 10.0. The molecule has 2 rings (SSSR count). The lowest BCUT2D eigenvalue weighted by Gasteiger charge is -2.16. The van der Waals surface area contributed by atoms with Crippen molar-refractivity contribution in [1.29, 1.82) is 0 Å². The summed E-state index contributed by atoms with van der Waals surface area (Å²) in [6, 6.07) is 5.44. The summed E-state index contributed by atoms with van der Waals surface area (Å²) in [5.74, 6) is 0.391. The van der Waals surface area contributed by atoms with Gasteiger partial charge in [0.1, 0.15) is 0 Å². The highest BCUT2D eigenvalue weighted by Gasteiger charge is 2.23. The number of phenolic OH excluding ortho intramolecular Hbond substituents is 1. The summed E-state index contributed by atoms with van der Waals surface area (Å²) < 4.78 is 5.02. The van der Waals surface area contributed by atoms with Crippen LogP contribution in [0.3, 0.4) is 0 Å². The molecule has 0 aliphatic carbocycles. The molecule has 20 heavy (non-hydrogen) atoms. The highest BCUT2D eigenvalue weighted by molar-refractivity contribution is 5.66. The Hall–Kier alpha value is -1.75. The number of aromatic hydroxyl groups is 1. The van der Waals surface area contributed by atoms with Crippen molar-refractivity contribution in [3.05, 3.63) is 23.8 Å². The highest BCUT2D eigenvalue weighted by atomic mass is 16.5. The molecule has 1 aliphatic rings. The molecule has 0 amide bonds. The van der Waals surface area contributed by atoms with E-state index in [0.29, 0.717) is 11.7 Å². The van der Waals surface area contributed by atoms with E-state index >= 15 is 0 Å². The van der Waals surface area contributed by atoms with Gasteiger partial charge in [-0.05, 0) is 43.0 Å². The molecule has 5 heteroatoms. The van der Waals surface area contributed by atoms with Gasteiger partial charge in [0.2, 0.25) is 0 Å². The Morgan fingerprint density at radius 1 is 1.50 bits per heavy atom. The molecule has 0 radical (unpaired) electrons. The summed E-state index contributed by atoms with van der Waals surface area (Å²) >= 11 is 0. The minimum atomic E-state index is -0.719. The number of likely N-dealkylation sites (tertiary alicyclic amines) is 1. The predicted molar refractivity (Wildman–Crippen MR) is 74.9 cm³/mol. The van der Waals surface area contributed by atoms with Crippen molar-refractivity contribution < 1.29 is 19.7 Å². The molecular formula is C15H21NO4. The smallest absolute Gasteiger partial charge is 0.303 e. The molecule has 0 aromatic heterocycles. The third kappa shape index (κ3) is 3.87. The van der Waals surface area contributed by atoms with Crippen molar-refractivity contribution in [3.8, 4) is 11.5 Å². The van der Waals surface area contributed by atoms with E-state index in [2.05, 4.69) is 4.90 Å². The molecule has 1 atom stereocenters. The summed E-state index contributed by atoms with van der Waals surface area (Å²) in [4.78, 5) is 12.9. The Morgan fingerprint density at radius 3 is 2.95 bits per heavy atom. The summed E-state index contributed by atoms with van der Waals surface area (Å²) in [5.41, 5.74) is 1.04. The maximum absolute atomic E-state index is 10.6. The van der Waals surface area contributed by atoms with Gasteiger partial charge in [0.15, 0.2) is 11.5 Å². The zero-order valence-corrected chi connectivity index (χ0v) is 11.7. The van der Waals surface area contributed by atoms with E-state index < -0.39 is 5.97 Å². The van der Waals surface area contributed by atoms with Gasteiger partial charge in [0, 0.05) is 19.5 Å². The van der Waals surface area contributed by atoms with Crippen LogP contribution < -0.4 is 4.74 Å². The van der Waals surface area contributed by atoms with Crippen molar-refractivity contribution in [3.63, 3.8) is 0 Å². The predicted octanol–water partition coefficient (Wildman–Crippen LogP) is 2.09. The third-order valence-corrected chi connectivity index (χ3v) is 3.79. The van der Waals surface area contributed by atoms with Crippen LogP contribution in [0.5, 0.6) is 11.5 Å². The number of methoxy groups -OCH3 is 1. The Kier molecular flexibility index (Phi) is 4.84. The fraction of sp³-hybridized carbons (Fsp3) is 0.533. The number of carboxylic acid groups (broad SMARTS) is 1. The number of aliphatic carboxylic acids is 1. The topological polar surface area (TPSA) is 70.0 Å². The van der Waals surface area contributed by atoms with Gasteiger partial charge in [-0.25, -0.2) is 0 Å². The van der Waals surface area contributed by atoms with Crippen LogP contribution in [-0.4, -0.2) is 41.3 Å². The quantitative estimate of drug-likeness (QED) is 0.834. The van der Waals surface area contributed by atoms with E-state index in [0.717, 1.165) is 38.0 Å². The maximum Gasteiger partial charge on any atom is 0.303 e. The molecule has 1 aliphatic heterocycles. The Labute approximate surface area is 118 Å². The molecule has 0 bridgehead atoms. The van der Waals surface area contributed by atoms with Crippen molar-refractivity contribution >= 4 is 5.97 Å². The standard InChI is InChI=1S/C15H21NO4/c1-20-14-4-2-12(8-13(14)17)10-16-7-6-11(9-16)3-5-15(18)19/h2,4,8,11,17H,3,5-7,9-10H2,1H3,(H,18,19). The summed E-state index contributed by atoms with van der Waals surface area (Å²) in [5, 5.41) is 18.5. The van der Waals surface area contributed by atoms with Gasteiger partial charge in [-0.1, -0.05) is 6.07 Å². The summed E-state index contributed by atoms with van der Waals surface area (Å²) in [6.07, 6.45) is 2.05. The summed E-state index contributed by atoms with van der Waals surface area (Å²) in [7, 11) is 1.53. The first-order valence-corrected chi connectivity index (χ1v) is 6.88. The largest absolute Gasteiger partial charge is 0.504 e. The van der Waals surface area contributed by atoms with Crippen LogP contribution in [0.4, 0.5) is 0 Å². The lowest BCUT2D eigenvalue weighted by Crippen LogP contribution is -2.20. The van der Waals surface area contributed by atoms with E-state index in [-0.39, 0.29) is 12.2 Å². The van der Waals surface area contributed by atoms with Gasteiger partial charge in [-0.2, -0.15) is 0 Å². The number of carbonyl (C=O) groups is 1. The average Bonchev–Trinajstić information content (AvgIpc) is 2.84. The lowest BCUT2D eigenvalue weighted by molar-refractivity contribution is -0.137. The molecule has 1 fully saturated rings. The van der Waals surface area contributed by atoms with Gasteiger partial charge in [-0.3, -0.25) is 9.69 Å². The number of hydrogen-bond donors (Lipinski definition) is 2. The van der Waals surface area contributed by atoms with Crippen LogP contribution in [0.2, 0.25) is 0 Å². The van der Waals surface area contributed by atoms with Gasteiger partial charge in [0.05, 0.1) is 7.11 Å². The minimum Gasteiger partial charge on any atom is -0.504 e. The highest BCUT2D eigenvalue weighted by Crippen LogP contribution is 2.28. The zero-order chi connectivity index (χ0) is 14.5. The second-order valence-electron chi connectivity index (χ2n) is 5.33. The second kappa shape index (κ2) is 6.61. The van der Waals surface area contributed by atoms with Gasteiger partial charge < -0.3 is 14.9 Å². The van der Waals surface area contributed by atoms with E-state index in [9.17, 15) is 9.90 Å². The Morgan fingerprint density at radius 2 is 2.30 bits per heavy atom. The first-order valence-electron chi connectivity index (χ1n) is 6.88. The molecule has 0 spiro atoms.